The van der Waals surface area contributed by atoms with E-state index in [4.69, 9.17) is 15.3 Å². The predicted molar refractivity (Wildman–Crippen MR) is 158 cm³/mol. The minimum absolute atomic E-state index is 0.0646. The van der Waals surface area contributed by atoms with E-state index in [0.29, 0.717) is 5.41 Å². The highest BCUT2D eigenvalue weighted by Crippen LogP contribution is 2.43. The average molecular weight is 545 g/mol. The van der Waals surface area contributed by atoms with Crippen LogP contribution in [0.1, 0.15) is 126 Å². The van der Waals surface area contributed by atoms with Gasteiger partial charge in [-0.1, -0.05) is 74.6 Å². The fraction of sp³-hybridized carbons (Fsp3) is 0.667. The van der Waals surface area contributed by atoms with Crippen molar-refractivity contribution in [2.45, 2.75) is 126 Å². The molecule has 0 aromatic rings. The van der Waals surface area contributed by atoms with Gasteiger partial charge in [0.2, 0.25) is 0 Å². The van der Waals surface area contributed by atoms with E-state index in [2.05, 4.69) is 41.5 Å². The highest BCUT2D eigenvalue weighted by molar-refractivity contribution is 6.12. The van der Waals surface area contributed by atoms with Gasteiger partial charge in [0.1, 0.15) is 5.57 Å². The minimum atomic E-state index is -1.37. The Balaban J connectivity index is 0.000000395. The van der Waals surface area contributed by atoms with Crippen molar-refractivity contribution in [3.63, 3.8) is 0 Å². The van der Waals surface area contributed by atoms with E-state index in [1.165, 1.54) is 54.9 Å². The second-order valence-corrected chi connectivity index (χ2v) is 12.8. The Kier molecular flexibility index (Phi) is 13.4. The van der Waals surface area contributed by atoms with Crippen molar-refractivity contribution in [1.29, 1.82) is 0 Å². The second-order valence-electron chi connectivity index (χ2n) is 12.8. The molecule has 0 aromatic heterocycles. The molecule has 2 aliphatic rings. The molecule has 3 N–H and O–H groups in total. The summed E-state index contributed by atoms with van der Waals surface area (Å²) in [4.78, 5) is 32.3. The van der Waals surface area contributed by atoms with Gasteiger partial charge >= 0.3 is 17.9 Å². The maximum atomic E-state index is 10.9. The van der Waals surface area contributed by atoms with Crippen LogP contribution < -0.4 is 0 Å². The largest absolute Gasteiger partial charge is 0.481 e. The first-order valence-corrected chi connectivity index (χ1v) is 14.4. The molecular weight excluding hydrogens is 492 g/mol. The molecule has 0 spiro atoms. The van der Waals surface area contributed by atoms with E-state index in [9.17, 15) is 14.4 Å². The zero-order valence-electron chi connectivity index (χ0n) is 25.6. The summed E-state index contributed by atoms with van der Waals surface area (Å²) in [5.41, 5.74) is 7.24. The van der Waals surface area contributed by atoms with Gasteiger partial charge in [-0.25, -0.2) is 9.59 Å². The fourth-order valence-electron chi connectivity index (χ4n) is 6.11. The molecule has 0 aliphatic heterocycles. The lowest BCUT2D eigenvalue weighted by Crippen LogP contribution is -2.21. The zero-order valence-corrected chi connectivity index (χ0v) is 25.6. The Labute approximate surface area is 236 Å². The summed E-state index contributed by atoms with van der Waals surface area (Å²) in [5.74, 6) is -3.56. The van der Waals surface area contributed by atoms with Crippen LogP contribution in [0.5, 0.6) is 0 Å². The van der Waals surface area contributed by atoms with Gasteiger partial charge in [-0.05, 0) is 102 Å². The highest BCUT2D eigenvalue weighted by atomic mass is 16.4. The van der Waals surface area contributed by atoms with E-state index in [1.807, 2.05) is 19.9 Å². The van der Waals surface area contributed by atoms with Crippen LogP contribution in [-0.2, 0) is 14.4 Å². The van der Waals surface area contributed by atoms with Gasteiger partial charge in [-0.2, -0.15) is 0 Å². The molecule has 1 atom stereocenters. The molecule has 2 aliphatic carbocycles. The Bertz CT molecular complexity index is 1000. The highest BCUT2D eigenvalue weighted by Gasteiger charge is 2.29. The molecule has 1 unspecified atom stereocenters. The third-order valence-corrected chi connectivity index (χ3v) is 8.53. The van der Waals surface area contributed by atoms with Crippen molar-refractivity contribution in [1.82, 2.24) is 0 Å². The Hall–Kier alpha value is -2.63. The third-order valence-electron chi connectivity index (χ3n) is 8.53. The Morgan fingerprint density at radius 3 is 1.72 bits per heavy atom. The number of aliphatic carboxylic acids is 3. The average Bonchev–Trinajstić information content (AvgIpc) is 2.79. The van der Waals surface area contributed by atoms with E-state index >= 15 is 0 Å². The van der Waals surface area contributed by atoms with Crippen LogP contribution in [0.3, 0.4) is 0 Å². The Morgan fingerprint density at radius 2 is 1.31 bits per heavy atom. The summed E-state index contributed by atoms with van der Waals surface area (Å²) >= 11 is 0. The minimum Gasteiger partial charge on any atom is -0.481 e. The predicted octanol–water partition coefficient (Wildman–Crippen LogP) is 8.74. The van der Waals surface area contributed by atoms with E-state index in [-0.39, 0.29) is 17.8 Å². The molecule has 0 saturated heterocycles. The molecule has 0 fully saturated rings. The monoisotopic (exact) mass is 544 g/mol. The van der Waals surface area contributed by atoms with Crippen molar-refractivity contribution in [2.24, 2.45) is 16.7 Å². The van der Waals surface area contributed by atoms with Crippen molar-refractivity contribution in [3.8, 4) is 0 Å². The SMILES string of the molecule is CC1=C(CC/C(C)=C/CC(=O)O)C(C)(C)CCC1.CC1=C(CCC(C)C=C(C(=O)O)C(=O)O)C(C)(C)CCC1. The summed E-state index contributed by atoms with van der Waals surface area (Å²) in [6.07, 6.45) is 14.5. The first-order chi connectivity index (χ1) is 18.0. The van der Waals surface area contributed by atoms with Crippen LogP contribution in [0.2, 0.25) is 0 Å². The summed E-state index contributed by atoms with van der Waals surface area (Å²) in [6, 6.07) is 0. The van der Waals surface area contributed by atoms with Crippen LogP contribution in [0, 0.1) is 16.7 Å². The molecular formula is C33H52O6. The van der Waals surface area contributed by atoms with Gasteiger partial charge in [-0.3, -0.25) is 4.79 Å². The number of carboxylic acid groups (broad SMARTS) is 3. The number of hydrogen-bond acceptors (Lipinski definition) is 3. The molecule has 220 valence electrons. The lowest BCUT2D eigenvalue weighted by Gasteiger charge is -2.35. The van der Waals surface area contributed by atoms with E-state index in [0.717, 1.165) is 32.1 Å². The molecule has 2 rings (SSSR count). The number of allylic oxidation sites excluding steroid dienone is 6. The number of rotatable bonds is 11. The van der Waals surface area contributed by atoms with Crippen LogP contribution in [0.15, 0.2) is 45.6 Å². The summed E-state index contributed by atoms with van der Waals surface area (Å²) in [5, 5.41) is 26.4. The third kappa shape index (κ3) is 11.6. The lowest BCUT2D eigenvalue weighted by molar-refractivity contribution is -0.140. The van der Waals surface area contributed by atoms with Crippen molar-refractivity contribution >= 4 is 17.9 Å². The molecule has 6 nitrogen and oxygen atoms in total. The molecule has 0 radical (unpaired) electrons. The summed E-state index contributed by atoms with van der Waals surface area (Å²) in [6.45, 7) is 17.5. The molecule has 0 aromatic carbocycles. The normalized spacial score (nSPS) is 19.5. The van der Waals surface area contributed by atoms with Gasteiger partial charge in [0.15, 0.2) is 0 Å². The van der Waals surface area contributed by atoms with E-state index in [1.54, 1.807) is 11.1 Å². The van der Waals surface area contributed by atoms with Crippen LogP contribution in [0.4, 0.5) is 0 Å². The fourth-order valence-corrected chi connectivity index (χ4v) is 6.11. The number of carboxylic acids is 3. The van der Waals surface area contributed by atoms with Gasteiger partial charge in [0, 0.05) is 0 Å². The summed E-state index contributed by atoms with van der Waals surface area (Å²) < 4.78 is 0. The smallest absolute Gasteiger partial charge is 0.342 e. The van der Waals surface area contributed by atoms with Gasteiger partial charge < -0.3 is 15.3 Å². The molecule has 0 amide bonds. The first-order valence-electron chi connectivity index (χ1n) is 14.4. The van der Waals surface area contributed by atoms with Crippen molar-refractivity contribution in [3.05, 3.63) is 45.6 Å². The maximum absolute atomic E-state index is 10.9. The van der Waals surface area contributed by atoms with Crippen molar-refractivity contribution < 1.29 is 29.7 Å². The van der Waals surface area contributed by atoms with Crippen LogP contribution in [-0.4, -0.2) is 33.2 Å². The quantitative estimate of drug-likeness (QED) is 0.104. The van der Waals surface area contributed by atoms with Crippen molar-refractivity contribution in [2.75, 3.05) is 0 Å². The second kappa shape index (κ2) is 15.2. The van der Waals surface area contributed by atoms with Gasteiger partial charge in [-0.15, -0.1) is 0 Å². The lowest BCUT2D eigenvalue weighted by atomic mass is 9.71. The van der Waals surface area contributed by atoms with E-state index < -0.39 is 23.5 Å². The molecule has 0 bridgehead atoms. The standard InChI is InChI=1S/C17H26O4.C16H26O2/c1-11(10-13(15(18)19)16(20)21)7-8-14-12(2)6-5-9-17(14,3)4;1-12(8-10-15(17)18)7-9-14-13(2)6-5-11-16(14,3)4/h10-11H,5-9H2,1-4H3,(H,18,19)(H,20,21);8H,5-7,9-11H2,1-4H3,(H,17,18)/b;12-8+. The number of carbonyl (C=O) groups is 3. The maximum Gasteiger partial charge on any atom is 0.342 e. The molecule has 0 saturated carbocycles. The Morgan fingerprint density at radius 1 is 0.846 bits per heavy atom. The van der Waals surface area contributed by atoms with Gasteiger partial charge in [0.05, 0.1) is 6.42 Å². The zero-order chi connectivity index (χ0) is 30.0. The van der Waals surface area contributed by atoms with Gasteiger partial charge in [0.25, 0.3) is 0 Å². The molecule has 0 heterocycles. The van der Waals surface area contributed by atoms with Crippen LogP contribution >= 0.6 is 0 Å². The molecule has 39 heavy (non-hydrogen) atoms. The summed E-state index contributed by atoms with van der Waals surface area (Å²) in [7, 11) is 0. The van der Waals surface area contributed by atoms with Crippen LogP contribution in [0.25, 0.3) is 0 Å². The topological polar surface area (TPSA) is 112 Å². The number of hydrogen-bond donors (Lipinski definition) is 3. The first kappa shape index (κ1) is 34.4. The molecule has 6 heteroatoms.